The number of aromatic carboxylic acids is 1. The molecule has 1 unspecified atom stereocenters. The number of aromatic hydroxyl groups is 1. The van der Waals surface area contributed by atoms with Crippen LogP contribution < -0.4 is 14.8 Å². The van der Waals surface area contributed by atoms with Gasteiger partial charge in [0.2, 0.25) is 5.91 Å². The number of nitrogens with one attached hydrogen (secondary N) is 1. The van der Waals surface area contributed by atoms with Gasteiger partial charge in [0.1, 0.15) is 23.0 Å². The quantitative estimate of drug-likeness (QED) is 0.644. The number of carboxylic acid groups (broad SMARTS) is 1. The fraction of sp³-hybridized carbons (Fsp3) is 0.211. The van der Waals surface area contributed by atoms with E-state index in [0.29, 0.717) is 11.3 Å². The van der Waals surface area contributed by atoms with Gasteiger partial charge in [-0.15, -0.1) is 0 Å². The largest absolute Gasteiger partial charge is 0.507 e. The van der Waals surface area contributed by atoms with E-state index in [4.69, 9.17) is 19.3 Å². The number of carbonyl (C=O) groups excluding carboxylic acids is 2. The molecule has 2 aromatic carbocycles. The predicted molar refractivity (Wildman–Crippen MR) is 96.0 cm³/mol. The van der Waals surface area contributed by atoms with E-state index in [-0.39, 0.29) is 29.0 Å². The number of anilines is 1. The van der Waals surface area contributed by atoms with Crippen molar-refractivity contribution in [1.29, 1.82) is 0 Å². The van der Waals surface area contributed by atoms with Crippen molar-refractivity contribution in [2.75, 3.05) is 19.5 Å². The third-order valence-electron chi connectivity index (χ3n) is 4.26. The minimum absolute atomic E-state index is 0.171. The molecule has 1 aliphatic rings. The molecule has 0 aromatic heterocycles. The molecule has 1 heterocycles. The number of benzene rings is 2. The third-order valence-corrected chi connectivity index (χ3v) is 4.26. The summed E-state index contributed by atoms with van der Waals surface area (Å²) in [6, 6.07) is 6.91. The Labute approximate surface area is 159 Å². The van der Waals surface area contributed by atoms with Crippen molar-refractivity contribution >= 4 is 23.5 Å². The van der Waals surface area contributed by atoms with Gasteiger partial charge in [-0.3, -0.25) is 4.79 Å². The molecule has 0 fully saturated rings. The van der Waals surface area contributed by atoms with E-state index >= 15 is 0 Å². The van der Waals surface area contributed by atoms with Crippen molar-refractivity contribution < 1.29 is 38.8 Å². The lowest BCUT2D eigenvalue weighted by Crippen LogP contribution is -2.16. The maximum Gasteiger partial charge on any atom is 0.343 e. The van der Waals surface area contributed by atoms with Crippen LogP contribution in [0, 0.1) is 0 Å². The number of amides is 1. The fourth-order valence-corrected chi connectivity index (χ4v) is 2.99. The molecular weight excluding hydrogens is 370 g/mol. The van der Waals surface area contributed by atoms with Crippen molar-refractivity contribution in [2.24, 2.45) is 0 Å². The second-order valence-corrected chi connectivity index (χ2v) is 5.95. The summed E-state index contributed by atoms with van der Waals surface area (Å²) in [5, 5.41) is 21.1. The van der Waals surface area contributed by atoms with Crippen LogP contribution in [0.5, 0.6) is 17.2 Å². The first-order valence-corrected chi connectivity index (χ1v) is 8.17. The molecule has 1 atom stereocenters. The number of rotatable bonds is 6. The maximum absolute atomic E-state index is 12.3. The number of fused-ring (bicyclic) bond motifs is 1. The Hall–Kier alpha value is -3.75. The number of carbonyl (C=O) groups is 3. The number of hydrogen-bond acceptors (Lipinski definition) is 7. The summed E-state index contributed by atoms with van der Waals surface area (Å²) < 4.78 is 15.7. The van der Waals surface area contributed by atoms with Crippen LogP contribution in [0.25, 0.3) is 0 Å². The molecule has 3 rings (SSSR count). The molecule has 146 valence electrons. The van der Waals surface area contributed by atoms with E-state index < -0.39 is 29.7 Å². The lowest BCUT2D eigenvalue weighted by molar-refractivity contribution is -0.118. The molecular formula is C19H17NO8. The first-order chi connectivity index (χ1) is 13.3. The van der Waals surface area contributed by atoms with Gasteiger partial charge < -0.3 is 29.7 Å². The van der Waals surface area contributed by atoms with Crippen LogP contribution in [-0.4, -0.2) is 42.3 Å². The standard InChI is InChI=1S/C19H17NO8/c1-26-13-6-5-11-14(28-19(25)16(11)17(13)27-2)8-15(22)20-9-3-4-10(18(23)24)12(21)7-9/h3-7,14,21H,8H2,1-2H3,(H,20,22)(H,23,24). The average Bonchev–Trinajstić information content (AvgIpc) is 2.96. The minimum atomic E-state index is -1.28. The van der Waals surface area contributed by atoms with Crippen LogP contribution in [-0.2, 0) is 9.53 Å². The van der Waals surface area contributed by atoms with E-state index in [0.717, 1.165) is 6.07 Å². The van der Waals surface area contributed by atoms with Gasteiger partial charge in [-0.25, -0.2) is 9.59 Å². The Morgan fingerprint density at radius 3 is 2.54 bits per heavy atom. The molecule has 28 heavy (non-hydrogen) atoms. The van der Waals surface area contributed by atoms with Crippen molar-refractivity contribution in [3.8, 4) is 17.2 Å². The molecule has 0 spiro atoms. The molecule has 0 bridgehead atoms. The molecule has 3 N–H and O–H groups in total. The zero-order chi connectivity index (χ0) is 20.4. The SMILES string of the molecule is COc1ccc2c(c1OC)C(=O)OC2CC(=O)Nc1ccc(C(=O)O)c(O)c1. The Balaban J connectivity index is 1.77. The summed E-state index contributed by atoms with van der Waals surface area (Å²) in [6.45, 7) is 0. The summed E-state index contributed by atoms with van der Waals surface area (Å²) in [5.74, 6) is -2.25. The highest BCUT2D eigenvalue weighted by Gasteiger charge is 2.36. The minimum Gasteiger partial charge on any atom is -0.507 e. The second-order valence-electron chi connectivity index (χ2n) is 5.95. The Morgan fingerprint density at radius 2 is 1.93 bits per heavy atom. The summed E-state index contributed by atoms with van der Waals surface area (Å²) in [5.41, 5.74) is 0.645. The van der Waals surface area contributed by atoms with E-state index in [1.165, 1.54) is 26.4 Å². The van der Waals surface area contributed by atoms with Crippen LogP contribution in [0.4, 0.5) is 5.69 Å². The number of cyclic esters (lactones) is 1. The maximum atomic E-state index is 12.3. The van der Waals surface area contributed by atoms with Gasteiger partial charge >= 0.3 is 11.9 Å². The second kappa shape index (κ2) is 7.47. The number of phenols is 1. The molecule has 0 saturated carbocycles. The highest BCUT2D eigenvalue weighted by atomic mass is 16.6. The topological polar surface area (TPSA) is 131 Å². The highest BCUT2D eigenvalue weighted by molar-refractivity contribution is 5.99. The van der Waals surface area contributed by atoms with Gasteiger partial charge in [0.25, 0.3) is 0 Å². The van der Waals surface area contributed by atoms with Gasteiger partial charge in [-0.1, -0.05) is 6.07 Å². The summed E-state index contributed by atoms with van der Waals surface area (Å²) >= 11 is 0. The van der Waals surface area contributed by atoms with Crippen molar-refractivity contribution in [3.05, 3.63) is 47.0 Å². The van der Waals surface area contributed by atoms with E-state index in [9.17, 15) is 19.5 Å². The zero-order valence-corrected chi connectivity index (χ0v) is 15.0. The molecule has 1 aliphatic heterocycles. The normalized spacial score (nSPS) is 14.8. The monoisotopic (exact) mass is 387 g/mol. The van der Waals surface area contributed by atoms with E-state index in [1.807, 2.05) is 0 Å². The van der Waals surface area contributed by atoms with Gasteiger partial charge in [0, 0.05) is 17.3 Å². The van der Waals surface area contributed by atoms with Crippen LogP contribution in [0.2, 0.25) is 0 Å². The summed E-state index contributed by atoms with van der Waals surface area (Å²) in [6.07, 6.45) is -0.982. The smallest absolute Gasteiger partial charge is 0.343 e. The van der Waals surface area contributed by atoms with Crippen LogP contribution in [0.1, 0.15) is 38.8 Å². The molecule has 0 saturated heterocycles. The van der Waals surface area contributed by atoms with E-state index in [2.05, 4.69) is 5.32 Å². The third kappa shape index (κ3) is 3.41. The Bertz CT molecular complexity index is 969. The number of esters is 1. The van der Waals surface area contributed by atoms with Crippen molar-refractivity contribution in [3.63, 3.8) is 0 Å². The number of ether oxygens (including phenoxy) is 3. The zero-order valence-electron chi connectivity index (χ0n) is 15.0. The van der Waals surface area contributed by atoms with Crippen molar-refractivity contribution in [2.45, 2.75) is 12.5 Å². The highest BCUT2D eigenvalue weighted by Crippen LogP contribution is 2.43. The first kappa shape index (κ1) is 19.0. The molecule has 0 radical (unpaired) electrons. The van der Waals surface area contributed by atoms with Crippen molar-refractivity contribution in [1.82, 2.24) is 0 Å². The molecule has 9 heteroatoms. The van der Waals surface area contributed by atoms with Gasteiger partial charge in [-0.05, 0) is 18.2 Å². The van der Waals surface area contributed by atoms with Crippen LogP contribution >= 0.6 is 0 Å². The average molecular weight is 387 g/mol. The van der Waals surface area contributed by atoms with E-state index in [1.54, 1.807) is 12.1 Å². The van der Waals surface area contributed by atoms with Crippen LogP contribution in [0.3, 0.4) is 0 Å². The fourth-order valence-electron chi connectivity index (χ4n) is 2.99. The summed E-state index contributed by atoms with van der Waals surface area (Å²) in [4.78, 5) is 35.5. The molecule has 0 aliphatic carbocycles. The lowest BCUT2D eigenvalue weighted by atomic mass is 10.0. The number of carboxylic acids is 1. The first-order valence-electron chi connectivity index (χ1n) is 8.17. The van der Waals surface area contributed by atoms with Crippen LogP contribution in [0.15, 0.2) is 30.3 Å². The molecule has 1 amide bonds. The number of hydrogen-bond donors (Lipinski definition) is 3. The number of methoxy groups -OCH3 is 2. The lowest BCUT2D eigenvalue weighted by Gasteiger charge is -2.13. The molecule has 9 nitrogen and oxygen atoms in total. The van der Waals surface area contributed by atoms with Gasteiger partial charge in [0.05, 0.1) is 20.6 Å². The Kier molecular flexibility index (Phi) is 5.08. The molecule has 2 aromatic rings. The van der Waals surface area contributed by atoms with Gasteiger partial charge in [0.15, 0.2) is 11.5 Å². The Morgan fingerprint density at radius 1 is 1.18 bits per heavy atom. The summed E-state index contributed by atoms with van der Waals surface area (Å²) in [7, 11) is 2.85. The van der Waals surface area contributed by atoms with Gasteiger partial charge in [-0.2, -0.15) is 0 Å². The predicted octanol–water partition coefficient (Wildman–Crippen LogP) is 2.35.